The Morgan fingerprint density at radius 2 is 1.88 bits per heavy atom. The van der Waals surface area contributed by atoms with Gasteiger partial charge in [0.1, 0.15) is 5.58 Å². The van der Waals surface area contributed by atoms with Crippen LogP contribution in [-0.2, 0) is 27.2 Å². The maximum absolute atomic E-state index is 12.0. The van der Waals surface area contributed by atoms with Gasteiger partial charge in [-0.1, -0.05) is 31.2 Å². The molecule has 1 N–H and O–H groups in total. The number of esters is 1. The summed E-state index contributed by atoms with van der Waals surface area (Å²) >= 11 is 0. The Kier molecular flexibility index (Phi) is 5.37. The fourth-order valence-electron chi connectivity index (χ4n) is 2.70. The van der Waals surface area contributed by atoms with Crippen LogP contribution in [0.3, 0.4) is 0 Å². The zero-order valence-corrected chi connectivity index (χ0v) is 14.9. The molecule has 5 nitrogen and oxygen atoms in total. The van der Waals surface area contributed by atoms with Gasteiger partial charge in [0.25, 0.3) is 5.91 Å². The maximum atomic E-state index is 12.0. The number of nitrogens with one attached hydrogen (secondary N) is 1. The van der Waals surface area contributed by atoms with Gasteiger partial charge < -0.3 is 14.5 Å². The fraction of sp³-hybridized carbons (Fsp3) is 0.238. The Hall–Kier alpha value is -3.08. The number of carbonyl (C=O) groups is 2. The van der Waals surface area contributed by atoms with E-state index in [4.69, 9.17) is 9.15 Å². The Labute approximate surface area is 152 Å². The van der Waals surface area contributed by atoms with E-state index >= 15 is 0 Å². The SMILES string of the molecule is CCc1ccc(NC(=O)COC(=O)Cc2coc3cc(C)ccc23)cc1. The van der Waals surface area contributed by atoms with Crippen LogP contribution in [0.1, 0.15) is 23.6 Å². The molecule has 0 bridgehead atoms. The summed E-state index contributed by atoms with van der Waals surface area (Å²) in [6.45, 7) is 3.73. The van der Waals surface area contributed by atoms with E-state index in [1.165, 1.54) is 5.56 Å². The molecule has 5 heteroatoms. The van der Waals surface area contributed by atoms with Gasteiger partial charge in [-0.25, -0.2) is 0 Å². The summed E-state index contributed by atoms with van der Waals surface area (Å²) in [5.41, 5.74) is 4.45. The maximum Gasteiger partial charge on any atom is 0.310 e. The van der Waals surface area contributed by atoms with Crippen molar-refractivity contribution in [2.24, 2.45) is 0 Å². The van der Waals surface area contributed by atoms with Crippen LogP contribution >= 0.6 is 0 Å². The van der Waals surface area contributed by atoms with Gasteiger partial charge in [0, 0.05) is 16.6 Å². The van der Waals surface area contributed by atoms with E-state index in [9.17, 15) is 9.59 Å². The van der Waals surface area contributed by atoms with Crippen molar-refractivity contribution in [1.82, 2.24) is 0 Å². The van der Waals surface area contributed by atoms with Crippen molar-refractivity contribution in [2.45, 2.75) is 26.7 Å². The normalized spacial score (nSPS) is 10.7. The lowest BCUT2D eigenvalue weighted by Gasteiger charge is -2.07. The van der Waals surface area contributed by atoms with Gasteiger partial charge in [0.15, 0.2) is 6.61 Å². The van der Waals surface area contributed by atoms with E-state index in [1.807, 2.05) is 49.4 Å². The first-order chi connectivity index (χ1) is 12.5. The van der Waals surface area contributed by atoms with E-state index in [2.05, 4.69) is 12.2 Å². The molecule has 2 aromatic carbocycles. The summed E-state index contributed by atoms with van der Waals surface area (Å²) < 4.78 is 10.5. The van der Waals surface area contributed by atoms with Crippen LogP contribution in [0.2, 0.25) is 0 Å². The van der Waals surface area contributed by atoms with Gasteiger partial charge >= 0.3 is 5.97 Å². The van der Waals surface area contributed by atoms with Crippen molar-refractivity contribution >= 4 is 28.5 Å². The molecule has 0 saturated carbocycles. The highest BCUT2D eigenvalue weighted by Crippen LogP contribution is 2.22. The third-order valence-corrected chi connectivity index (χ3v) is 4.16. The molecule has 0 spiro atoms. The minimum Gasteiger partial charge on any atom is -0.464 e. The Bertz CT molecular complexity index is 925. The van der Waals surface area contributed by atoms with Gasteiger partial charge in [-0.3, -0.25) is 9.59 Å². The first kappa shape index (κ1) is 17.7. The predicted molar refractivity (Wildman–Crippen MR) is 100 cm³/mol. The number of fused-ring (bicyclic) bond motifs is 1. The molecule has 0 unspecified atom stereocenters. The Morgan fingerprint density at radius 3 is 2.62 bits per heavy atom. The van der Waals surface area contributed by atoms with E-state index in [0.29, 0.717) is 5.69 Å². The molecular formula is C21H21NO4. The number of hydrogen-bond acceptors (Lipinski definition) is 4. The molecule has 1 aromatic heterocycles. The first-order valence-corrected chi connectivity index (χ1v) is 8.56. The number of rotatable bonds is 6. The molecule has 3 rings (SSSR count). The summed E-state index contributed by atoms with van der Waals surface area (Å²) in [7, 11) is 0. The van der Waals surface area contributed by atoms with Crippen LogP contribution in [0.4, 0.5) is 5.69 Å². The third kappa shape index (κ3) is 4.30. The van der Waals surface area contributed by atoms with Crippen molar-refractivity contribution in [2.75, 3.05) is 11.9 Å². The largest absolute Gasteiger partial charge is 0.464 e. The predicted octanol–water partition coefficient (Wildman–Crippen LogP) is 4.03. The average Bonchev–Trinajstić information content (AvgIpc) is 3.02. The molecule has 26 heavy (non-hydrogen) atoms. The quantitative estimate of drug-likeness (QED) is 0.681. The Balaban J connectivity index is 1.52. The molecule has 1 heterocycles. The second-order valence-electron chi connectivity index (χ2n) is 6.20. The molecule has 0 aliphatic heterocycles. The molecular weight excluding hydrogens is 330 g/mol. The summed E-state index contributed by atoms with van der Waals surface area (Å²) in [6, 6.07) is 13.4. The molecule has 1 amide bonds. The number of amides is 1. The van der Waals surface area contributed by atoms with E-state index in [0.717, 1.165) is 28.5 Å². The highest BCUT2D eigenvalue weighted by Gasteiger charge is 2.13. The van der Waals surface area contributed by atoms with Gasteiger partial charge in [-0.05, 0) is 42.7 Å². The van der Waals surface area contributed by atoms with Crippen molar-refractivity contribution < 1.29 is 18.7 Å². The highest BCUT2D eigenvalue weighted by molar-refractivity contribution is 5.93. The van der Waals surface area contributed by atoms with Crippen molar-refractivity contribution in [3.05, 3.63) is 65.4 Å². The summed E-state index contributed by atoms with van der Waals surface area (Å²) in [5, 5.41) is 3.59. The number of furan rings is 1. The highest BCUT2D eigenvalue weighted by atomic mass is 16.5. The van der Waals surface area contributed by atoms with Gasteiger partial charge in [0.05, 0.1) is 12.7 Å². The van der Waals surface area contributed by atoms with E-state index in [1.54, 1.807) is 6.26 Å². The zero-order chi connectivity index (χ0) is 18.5. The van der Waals surface area contributed by atoms with Crippen molar-refractivity contribution in [3.63, 3.8) is 0 Å². The molecule has 134 valence electrons. The van der Waals surface area contributed by atoms with Gasteiger partial charge in [0.2, 0.25) is 0 Å². The molecule has 3 aromatic rings. The van der Waals surface area contributed by atoms with Crippen molar-refractivity contribution in [1.29, 1.82) is 0 Å². The summed E-state index contributed by atoms with van der Waals surface area (Å²) in [6.07, 6.45) is 2.56. The van der Waals surface area contributed by atoms with Gasteiger partial charge in [-0.15, -0.1) is 0 Å². The van der Waals surface area contributed by atoms with Crippen LogP contribution in [0.5, 0.6) is 0 Å². The number of aryl methyl sites for hydroxylation is 2. The second kappa shape index (κ2) is 7.87. The standard InChI is InChI=1S/C21H21NO4/c1-3-15-5-7-17(8-6-15)22-20(23)13-26-21(24)11-16-12-25-19-10-14(2)4-9-18(16)19/h4-10,12H,3,11,13H2,1-2H3,(H,22,23). The Morgan fingerprint density at radius 1 is 1.12 bits per heavy atom. The minimum atomic E-state index is -0.468. The van der Waals surface area contributed by atoms with Gasteiger partial charge in [-0.2, -0.15) is 0 Å². The number of anilines is 1. The third-order valence-electron chi connectivity index (χ3n) is 4.16. The van der Waals surface area contributed by atoms with Crippen LogP contribution in [0.15, 0.2) is 53.1 Å². The monoisotopic (exact) mass is 351 g/mol. The molecule has 0 aliphatic carbocycles. The zero-order valence-electron chi connectivity index (χ0n) is 14.9. The molecule has 0 fully saturated rings. The number of ether oxygens (including phenoxy) is 1. The smallest absolute Gasteiger partial charge is 0.310 e. The number of hydrogen-bond donors (Lipinski definition) is 1. The van der Waals surface area contributed by atoms with Crippen LogP contribution in [0, 0.1) is 6.92 Å². The van der Waals surface area contributed by atoms with E-state index < -0.39 is 5.97 Å². The van der Waals surface area contributed by atoms with E-state index in [-0.39, 0.29) is 18.9 Å². The second-order valence-corrected chi connectivity index (χ2v) is 6.20. The van der Waals surface area contributed by atoms with Crippen LogP contribution in [0.25, 0.3) is 11.0 Å². The first-order valence-electron chi connectivity index (χ1n) is 8.56. The molecule has 0 aliphatic rings. The van der Waals surface area contributed by atoms with Crippen LogP contribution < -0.4 is 5.32 Å². The minimum absolute atomic E-state index is 0.0640. The molecule has 0 atom stereocenters. The topological polar surface area (TPSA) is 68.5 Å². The van der Waals surface area contributed by atoms with Crippen LogP contribution in [-0.4, -0.2) is 18.5 Å². The average molecular weight is 351 g/mol. The molecule has 0 saturated heterocycles. The number of carbonyl (C=O) groups excluding carboxylic acids is 2. The fourth-order valence-corrected chi connectivity index (χ4v) is 2.70. The summed E-state index contributed by atoms with van der Waals surface area (Å²) in [5.74, 6) is -0.833. The van der Waals surface area contributed by atoms with Crippen molar-refractivity contribution in [3.8, 4) is 0 Å². The molecule has 0 radical (unpaired) electrons. The summed E-state index contributed by atoms with van der Waals surface area (Å²) in [4.78, 5) is 23.9. The lowest BCUT2D eigenvalue weighted by Crippen LogP contribution is -2.21. The lowest BCUT2D eigenvalue weighted by atomic mass is 10.1. The lowest BCUT2D eigenvalue weighted by molar-refractivity contribution is -0.146. The number of benzene rings is 2.